The molecule has 0 N–H and O–H groups in total. The van der Waals surface area contributed by atoms with E-state index >= 15 is 0 Å². The van der Waals surface area contributed by atoms with Gasteiger partial charge in [-0.15, -0.1) is 0 Å². The van der Waals surface area contributed by atoms with E-state index in [1.165, 1.54) is 23.5 Å². The summed E-state index contributed by atoms with van der Waals surface area (Å²) in [6, 6.07) is 0. The molecule has 2 nitrogen and oxygen atoms in total. The van der Waals surface area contributed by atoms with Crippen molar-refractivity contribution >= 4 is 12.2 Å². The first-order chi connectivity index (χ1) is 8.34. The van der Waals surface area contributed by atoms with Gasteiger partial charge in [0.25, 0.3) is 0 Å². The van der Waals surface area contributed by atoms with Gasteiger partial charge in [-0.05, 0) is 31.4 Å². The maximum Gasteiger partial charge on any atom is 0.244 e. The van der Waals surface area contributed by atoms with Gasteiger partial charge in [-0.25, -0.2) is 9.13 Å². The molecule has 2 aliphatic carbocycles. The Morgan fingerprint density at radius 3 is 3.00 bits per heavy atom. The summed E-state index contributed by atoms with van der Waals surface area (Å²) in [7, 11) is 2.14. The van der Waals surface area contributed by atoms with Crippen LogP contribution in [-0.4, -0.2) is 4.57 Å². The molecule has 2 aliphatic rings. The summed E-state index contributed by atoms with van der Waals surface area (Å²) in [5, 5.41) is 2.79. The third-order valence-electron chi connectivity index (χ3n) is 3.61. The van der Waals surface area contributed by atoms with Crippen molar-refractivity contribution in [2.24, 2.45) is 13.0 Å². The predicted octanol–water partition coefficient (Wildman–Crippen LogP) is 0.800. The minimum Gasteiger partial charge on any atom is -0.233 e. The van der Waals surface area contributed by atoms with Gasteiger partial charge in [0.1, 0.15) is 0 Å². The second-order valence-corrected chi connectivity index (χ2v) is 4.94. The highest BCUT2D eigenvalue weighted by molar-refractivity contribution is 5.31. The third-order valence-corrected chi connectivity index (χ3v) is 3.61. The Morgan fingerprint density at radius 2 is 2.18 bits per heavy atom. The molecule has 1 heterocycles. The summed E-state index contributed by atoms with van der Waals surface area (Å²) in [6.45, 7) is 1.09. The average Bonchev–Trinajstić information content (AvgIpc) is 2.69. The van der Waals surface area contributed by atoms with E-state index in [1.54, 1.807) is 0 Å². The minimum atomic E-state index is 0.645. The first kappa shape index (κ1) is 10.6. The molecule has 17 heavy (non-hydrogen) atoms. The van der Waals surface area contributed by atoms with E-state index in [0.29, 0.717) is 5.92 Å². The van der Waals surface area contributed by atoms with Gasteiger partial charge in [0.05, 0.1) is 13.6 Å². The fourth-order valence-electron chi connectivity index (χ4n) is 2.74. The minimum absolute atomic E-state index is 0.645. The lowest BCUT2D eigenvalue weighted by molar-refractivity contribution is -0.684. The second kappa shape index (κ2) is 4.36. The summed E-state index contributed by atoms with van der Waals surface area (Å²) in [5.41, 5.74) is 0. The molecule has 0 saturated carbocycles. The zero-order chi connectivity index (χ0) is 11.7. The van der Waals surface area contributed by atoms with Crippen LogP contribution in [0.1, 0.15) is 19.3 Å². The lowest BCUT2D eigenvalue weighted by Gasteiger charge is -2.10. The monoisotopic (exact) mass is 227 g/mol. The van der Waals surface area contributed by atoms with Crippen LogP contribution < -0.4 is 15.3 Å². The van der Waals surface area contributed by atoms with Gasteiger partial charge in [0, 0.05) is 5.92 Å². The van der Waals surface area contributed by atoms with Gasteiger partial charge in [-0.1, -0.05) is 24.3 Å². The lowest BCUT2D eigenvalue weighted by atomic mass is 10.0. The molecule has 0 spiro atoms. The van der Waals surface area contributed by atoms with Crippen LogP contribution in [0, 0.1) is 5.92 Å². The number of allylic oxidation sites excluding steroid dienone is 4. The Kier molecular flexibility index (Phi) is 2.71. The van der Waals surface area contributed by atoms with Crippen LogP contribution in [0.15, 0.2) is 30.6 Å². The highest BCUT2D eigenvalue weighted by atomic mass is 15.1. The van der Waals surface area contributed by atoms with Crippen LogP contribution in [0.3, 0.4) is 0 Å². The van der Waals surface area contributed by atoms with E-state index in [-0.39, 0.29) is 0 Å². The molecule has 0 radical (unpaired) electrons. The molecule has 1 atom stereocenters. The highest BCUT2D eigenvalue weighted by Crippen LogP contribution is 2.12. The van der Waals surface area contributed by atoms with Crippen LogP contribution >= 0.6 is 0 Å². The van der Waals surface area contributed by atoms with E-state index in [2.05, 4.69) is 59.0 Å². The smallest absolute Gasteiger partial charge is 0.233 e. The lowest BCUT2D eigenvalue weighted by Crippen LogP contribution is -2.50. The van der Waals surface area contributed by atoms with Crippen LogP contribution in [0.2, 0.25) is 0 Å². The van der Waals surface area contributed by atoms with Crippen molar-refractivity contribution in [2.75, 3.05) is 0 Å². The zero-order valence-electron chi connectivity index (χ0n) is 10.3. The summed E-state index contributed by atoms with van der Waals surface area (Å²) < 4.78 is 4.65. The standard InChI is InChI=1S/C15H19N2/c1-16-12-17(11-13-7-3-2-4-8-13)15-10-6-5-9-14(15)16/h2-4,7,9-10,12-13H,5-6,8,11H2,1H3/q+1. The van der Waals surface area contributed by atoms with Crippen molar-refractivity contribution in [3.63, 3.8) is 0 Å². The zero-order valence-corrected chi connectivity index (χ0v) is 10.3. The molecule has 1 unspecified atom stereocenters. The Morgan fingerprint density at radius 1 is 1.29 bits per heavy atom. The third kappa shape index (κ3) is 1.99. The van der Waals surface area contributed by atoms with Crippen LogP contribution in [0.25, 0.3) is 12.2 Å². The molecular weight excluding hydrogens is 208 g/mol. The van der Waals surface area contributed by atoms with Crippen LogP contribution in [-0.2, 0) is 13.6 Å². The first-order valence-electron chi connectivity index (χ1n) is 6.43. The highest BCUT2D eigenvalue weighted by Gasteiger charge is 2.15. The summed E-state index contributed by atoms with van der Waals surface area (Å²) >= 11 is 0. The first-order valence-corrected chi connectivity index (χ1v) is 6.43. The van der Waals surface area contributed by atoms with Gasteiger partial charge in [0.15, 0.2) is 10.7 Å². The largest absolute Gasteiger partial charge is 0.244 e. The Balaban J connectivity index is 1.94. The van der Waals surface area contributed by atoms with Gasteiger partial charge in [-0.3, -0.25) is 0 Å². The van der Waals surface area contributed by atoms with E-state index in [9.17, 15) is 0 Å². The number of hydrogen-bond donors (Lipinski definition) is 0. The summed E-state index contributed by atoms with van der Waals surface area (Å²) in [4.78, 5) is 0. The van der Waals surface area contributed by atoms with Crippen molar-refractivity contribution in [1.82, 2.24) is 4.57 Å². The molecule has 0 amide bonds. The molecule has 0 bridgehead atoms. The van der Waals surface area contributed by atoms with Gasteiger partial charge in [0.2, 0.25) is 6.33 Å². The molecular formula is C15H19N2+. The quantitative estimate of drug-likeness (QED) is 0.661. The molecule has 0 aliphatic heterocycles. The number of rotatable bonds is 2. The average molecular weight is 227 g/mol. The SMILES string of the molecule is C[n+]1cn(CC2C=CC=CC2)c2c1=CCCC=2. The van der Waals surface area contributed by atoms with Crippen molar-refractivity contribution in [3.8, 4) is 0 Å². The van der Waals surface area contributed by atoms with Gasteiger partial charge < -0.3 is 0 Å². The van der Waals surface area contributed by atoms with E-state index in [1.807, 2.05) is 0 Å². The van der Waals surface area contributed by atoms with Crippen molar-refractivity contribution in [3.05, 3.63) is 41.3 Å². The van der Waals surface area contributed by atoms with Crippen molar-refractivity contribution in [2.45, 2.75) is 25.8 Å². The van der Waals surface area contributed by atoms with E-state index in [0.717, 1.165) is 13.0 Å². The molecule has 0 saturated heterocycles. The maximum atomic E-state index is 2.40. The van der Waals surface area contributed by atoms with Gasteiger partial charge >= 0.3 is 0 Å². The van der Waals surface area contributed by atoms with Crippen LogP contribution in [0.4, 0.5) is 0 Å². The fraction of sp³-hybridized carbons (Fsp3) is 0.400. The maximum absolute atomic E-state index is 2.40. The predicted molar refractivity (Wildman–Crippen MR) is 69.4 cm³/mol. The number of hydrogen-bond acceptors (Lipinski definition) is 0. The van der Waals surface area contributed by atoms with E-state index < -0.39 is 0 Å². The number of nitrogens with zero attached hydrogens (tertiary/aromatic N) is 2. The second-order valence-electron chi connectivity index (χ2n) is 4.94. The normalized spacial score (nSPS) is 21.8. The molecule has 1 aromatic rings. The van der Waals surface area contributed by atoms with Crippen LogP contribution in [0.5, 0.6) is 0 Å². The molecule has 3 rings (SSSR count). The van der Waals surface area contributed by atoms with Crippen molar-refractivity contribution < 1.29 is 4.57 Å². The fourth-order valence-corrected chi connectivity index (χ4v) is 2.74. The van der Waals surface area contributed by atoms with E-state index in [4.69, 9.17) is 0 Å². The van der Waals surface area contributed by atoms with Gasteiger partial charge in [-0.2, -0.15) is 0 Å². The topological polar surface area (TPSA) is 8.81 Å². The number of aromatic nitrogens is 2. The number of fused-ring (bicyclic) bond motifs is 1. The number of aryl methyl sites for hydroxylation is 1. The molecule has 0 fully saturated rings. The number of imidazole rings is 1. The summed E-state index contributed by atoms with van der Waals surface area (Å²) in [6.07, 6.45) is 19.4. The van der Waals surface area contributed by atoms with Crippen molar-refractivity contribution in [1.29, 1.82) is 0 Å². The Hall–Kier alpha value is -1.57. The molecule has 88 valence electrons. The summed E-state index contributed by atoms with van der Waals surface area (Å²) in [5.74, 6) is 0.645. The molecule has 1 aromatic heterocycles. The molecule has 2 heteroatoms. The Bertz CT molecular complexity index is 587. The Labute approximate surface area is 102 Å². The molecule has 0 aromatic carbocycles.